The van der Waals surface area contributed by atoms with E-state index < -0.39 is 0 Å². The zero-order chi connectivity index (χ0) is 4.83. The summed E-state index contributed by atoms with van der Waals surface area (Å²) in [5.74, 6) is 1.08. The fraction of sp³-hybridized carbons (Fsp3) is 1.00. The first-order chi connectivity index (χ1) is 2.91. The molecule has 0 aliphatic carbocycles. The van der Waals surface area contributed by atoms with E-state index in [1.165, 1.54) is 0 Å². The average molecular weight is 143 g/mol. The van der Waals surface area contributed by atoms with Gasteiger partial charge < -0.3 is 5.11 Å². The predicted molar refractivity (Wildman–Crippen MR) is 37.3 cm³/mol. The van der Waals surface area contributed by atoms with Crippen molar-refractivity contribution in [2.75, 3.05) is 18.6 Å². The second kappa shape index (κ2) is 9.78. The lowest BCUT2D eigenvalue weighted by atomic mass is 10.5. The van der Waals surface area contributed by atoms with Crippen molar-refractivity contribution in [3.05, 3.63) is 0 Å². The van der Waals surface area contributed by atoms with Gasteiger partial charge in [-0.05, 0) is 18.4 Å². The van der Waals surface area contributed by atoms with E-state index in [2.05, 4.69) is 0 Å². The monoisotopic (exact) mass is 142 g/mol. The Bertz CT molecular complexity index is 23.7. The van der Waals surface area contributed by atoms with Crippen LogP contribution >= 0.6 is 24.2 Å². The number of thioether (sulfide) groups is 1. The summed E-state index contributed by atoms with van der Waals surface area (Å²) in [5.41, 5.74) is 0. The molecule has 0 aromatic heterocycles. The van der Waals surface area contributed by atoms with Gasteiger partial charge in [0.25, 0.3) is 0 Å². The minimum absolute atomic E-state index is 0. The van der Waals surface area contributed by atoms with Crippen LogP contribution in [-0.2, 0) is 0 Å². The van der Waals surface area contributed by atoms with Crippen molar-refractivity contribution >= 4 is 24.2 Å². The van der Waals surface area contributed by atoms with Crippen molar-refractivity contribution in [2.45, 2.75) is 6.42 Å². The zero-order valence-corrected chi connectivity index (χ0v) is 6.02. The molecule has 0 bridgehead atoms. The normalized spacial score (nSPS) is 7.71. The highest BCUT2D eigenvalue weighted by Gasteiger charge is 1.76. The Morgan fingerprint density at radius 2 is 2.14 bits per heavy atom. The smallest absolute Gasteiger partial charge is 0.0438 e. The molecule has 0 saturated carbocycles. The van der Waals surface area contributed by atoms with Crippen LogP contribution < -0.4 is 0 Å². The molecule has 0 radical (unpaired) electrons. The van der Waals surface area contributed by atoms with Crippen LogP contribution in [0.4, 0.5) is 0 Å². The van der Waals surface area contributed by atoms with Crippen LogP contribution in [0.5, 0.6) is 0 Å². The summed E-state index contributed by atoms with van der Waals surface area (Å²) in [4.78, 5) is 0. The fourth-order valence-electron chi connectivity index (χ4n) is 0.209. The van der Waals surface area contributed by atoms with Gasteiger partial charge in [-0.3, -0.25) is 0 Å². The molecule has 7 heavy (non-hydrogen) atoms. The third kappa shape index (κ3) is 10.8. The first-order valence-electron chi connectivity index (χ1n) is 2.01. The molecule has 46 valence electrons. The number of aliphatic hydroxyl groups excluding tert-OH is 1. The van der Waals surface area contributed by atoms with E-state index in [4.69, 9.17) is 5.11 Å². The van der Waals surface area contributed by atoms with Gasteiger partial charge in [-0.25, -0.2) is 0 Å². The molecular formula is C4H11ClOS. The van der Waals surface area contributed by atoms with Gasteiger partial charge in [0, 0.05) is 6.61 Å². The maximum atomic E-state index is 8.18. The van der Waals surface area contributed by atoms with E-state index in [1.807, 2.05) is 6.26 Å². The molecule has 3 heteroatoms. The maximum Gasteiger partial charge on any atom is 0.0438 e. The van der Waals surface area contributed by atoms with Crippen molar-refractivity contribution in [2.24, 2.45) is 0 Å². The predicted octanol–water partition coefficient (Wildman–Crippen LogP) is 1.15. The molecule has 0 atom stereocenters. The lowest BCUT2D eigenvalue weighted by Crippen LogP contribution is -1.82. The number of aliphatic hydroxyl groups is 1. The van der Waals surface area contributed by atoms with E-state index in [-0.39, 0.29) is 12.4 Å². The van der Waals surface area contributed by atoms with Gasteiger partial charge in [0.05, 0.1) is 0 Å². The molecule has 0 aliphatic heterocycles. The van der Waals surface area contributed by atoms with Gasteiger partial charge in [-0.1, -0.05) is 0 Å². The first kappa shape index (κ1) is 10.6. The van der Waals surface area contributed by atoms with Crippen LogP contribution in [0.25, 0.3) is 0 Å². The maximum absolute atomic E-state index is 8.18. The van der Waals surface area contributed by atoms with Gasteiger partial charge in [0.15, 0.2) is 0 Å². The summed E-state index contributed by atoms with van der Waals surface area (Å²) in [6.07, 6.45) is 2.97. The van der Waals surface area contributed by atoms with Gasteiger partial charge in [-0.2, -0.15) is 11.8 Å². The second-order valence-electron chi connectivity index (χ2n) is 1.07. The topological polar surface area (TPSA) is 20.2 Å². The minimum Gasteiger partial charge on any atom is -0.396 e. The molecule has 1 N–H and O–H groups in total. The van der Waals surface area contributed by atoms with E-state index in [1.54, 1.807) is 11.8 Å². The molecule has 0 aromatic carbocycles. The lowest BCUT2D eigenvalue weighted by Gasteiger charge is -1.86. The van der Waals surface area contributed by atoms with Gasteiger partial charge in [0.1, 0.15) is 0 Å². The van der Waals surface area contributed by atoms with Crippen LogP contribution in [-0.4, -0.2) is 23.7 Å². The van der Waals surface area contributed by atoms with Crippen molar-refractivity contribution in [3.8, 4) is 0 Å². The van der Waals surface area contributed by atoms with Crippen molar-refractivity contribution < 1.29 is 5.11 Å². The molecule has 0 unspecified atom stereocenters. The summed E-state index contributed by atoms with van der Waals surface area (Å²) < 4.78 is 0. The van der Waals surface area contributed by atoms with Crippen molar-refractivity contribution in [3.63, 3.8) is 0 Å². The van der Waals surface area contributed by atoms with Crippen LogP contribution in [0.2, 0.25) is 0 Å². The van der Waals surface area contributed by atoms with Gasteiger partial charge in [-0.15, -0.1) is 12.4 Å². The molecule has 0 heterocycles. The van der Waals surface area contributed by atoms with Crippen LogP contribution in [0, 0.1) is 0 Å². The third-order valence-corrected chi connectivity index (χ3v) is 1.20. The number of rotatable bonds is 3. The summed E-state index contributed by atoms with van der Waals surface area (Å²) in [6, 6.07) is 0. The Morgan fingerprint density at radius 1 is 1.57 bits per heavy atom. The molecule has 0 saturated heterocycles. The molecule has 1 nitrogen and oxygen atoms in total. The van der Waals surface area contributed by atoms with Crippen LogP contribution in [0.1, 0.15) is 6.42 Å². The number of halogens is 1. The van der Waals surface area contributed by atoms with Crippen molar-refractivity contribution in [1.29, 1.82) is 0 Å². The zero-order valence-electron chi connectivity index (χ0n) is 4.39. The molecule has 0 aromatic rings. The van der Waals surface area contributed by atoms with Gasteiger partial charge in [0.2, 0.25) is 0 Å². The Kier molecular flexibility index (Phi) is 14.8. The van der Waals surface area contributed by atoms with Crippen LogP contribution in [0.15, 0.2) is 0 Å². The molecule has 0 amide bonds. The number of hydrogen-bond acceptors (Lipinski definition) is 2. The highest BCUT2D eigenvalue weighted by atomic mass is 35.5. The highest BCUT2D eigenvalue weighted by molar-refractivity contribution is 7.98. The standard InChI is InChI=1S/C4H10OS.ClH/c1-6-4-2-3-5;/h5H,2-4H2,1H3;1H. The molecule has 0 aliphatic rings. The summed E-state index contributed by atoms with van der Waals surface area (Å²) in [7, 11) is 0. The van der Waals surface area contributed by atoms with E-state index >= 15 is 0 Å². The largest absolute Gasteiger partial charge is 0.396 e. The summed E-state index contributed by atoms with van der Waals surface area (Å²) >= 11 is 1.77. The quantitative estimate of drug-likeness (QED) is 0.597. The van der Waals surface area contributed by atoms with Crippen molar-refractivity contribution in [1.82, 2.24) is 0 Å². The van der Waals surface area contributed by atoms with E-state index in [0.717, 1.165) is 12.2 Å². The van der Waals surface area contributed by atoms with Gasteiger partial charge >= 0.3 is 0 Å². The van der Waals surface area contributed by atoms with E-state index in [0.29, 0.717) is 6.61 Å². The Hall–Kier alpha value is 0.600. The first-order valence-corrected chi connectivity index (χ1v) is 3.41. The van der Waals surface area contributed by atoms with E-state index in [9.17, 15) is 0 Å². The number of hydrogen-bond donors (Lipinski definition) is 1. The lowest BCUT2D eigenvalue weighted by molar-refractivity contribution is 0.296. The Balaban J connectivity index is 0. The Morgan fingerprint density at radius 3 is 2.29 bits per heavy atom. The minimum atomic E-state index is 0. The van der Waals surface area contributed by atoms with Crippen LogP contribution in [0.3, 0.4) is 0 Å². The Labute approximate surface area is 54.9 Å². The SMILES string of the molecule is CSCCCO.Cl. The fourth-order valence-corrected chi connectivity index (χ4v) is 0.627. The molecule has 0 rings (SSSR count). The average Bonchev–Trinajstić information content (AvgIpc) is 1.61. The second-order valence-corrected chi connectivity index (χ2v) is 2.06. The molecular weight excluding hydrogens is 132 g/mol. The molecule has 0 spiro atoms. The third-order valence-electron chi connectivity index (χ3n) is 0.507. The summed E-state index contributed by atoms with van der Waals surface area (Å²) in [6.45, 7) is 0.334. The summed E-state index contributed by atoms with van der Waals surface area (Å²) in [5, 5.41) is 8.18. The highest BCUT2D eigenvalue weighted by Crippen LogP contribution is 1.92. The molecule has 0 fully saturated rings.